The minimum absolute atomic E-state index is 0.0286. The van der Waals surface area contributed by atoms with Crippen LogP contribution in [0.3, 0.4) is 0 Å². The Morgan fingerprint density at radius 3 is 2.50 bits per heavy atom. The van der Waals surface area contributed by atoms with E-state index in [1.165, 1.54) is 6.26 Å². The molecule has 6 nitrogen and oxygen atoms in total. The molecule has 138 valence electrons. The van der Waals surface area contributed by atoms with Crippen molar-refractivity contribution in [3.63, 3.8) is 0 Å². The molecule has 0 spiro atoms. The standard InChI is InChI=1S/C20H25N3O3/c1-21(2)16-10-8-15(9-11-16)14-22(3)19(24)17-6-4-12-23(17)20(25)18-7-5-13-26-18/h5,7-11,13,17H,4,6,12,14H2,1-3H3. The van der Waals surface area contributed by atoms with Crippen LogP contribution in [0.1, 0.15) is 29.0 Å². The van der Waals surface area contributed by atoms with Crippen molar-refractivity contribution in [2.75, 3.05) is 32.6 Å². The molecule has 2 amide bonds. The Morgan fingerprint density at radius 2 is 1.88 bits per heavy atom. The highest BCUT2D eigenvalue weighted by molar-refractivity contribution is 5.95. The molecule has 1 aliphatic rings. The quantitative estimate of drug-likeness (QED) is 0.827. The van der Waals surface area contributed by atoms with Crippen molar-refractivity contribution in [1.29, 1.82) is 0 Å². The first-order valence-electron chi connectivity index (χ1n) is 8.83. The van der Waals surface area contributed by atoms with Gasteiger partial charge in [-0.2, -0.15) is 0 Å². The van der Waals surface area contributed by atoms with E-state index in [1.807, 2.05) is 43.3 Å². The molecule has 26 heavy (non-hydrogen) atoms. The van der Waals surface area contributed by atoms with Gasteiger partial charge in [0.15, 0.2) is 5.76 Å². The first kappa shape index (κ1) is 18.0. The Labute approximate surface area is 154 Å². The van der Waals surface area contributed by atoms with Gasteiger partial charge >= 0.3 is 0 Å². The van der Waals surface area contributed by atoms with Crippen LogP contribution < -0.4 is 4.90 Å². The van der Waals surface area contributed by atoms with Gasteiger partial charge in [0, 0.05) is 39.9 Å². The maximum atomic E-state index is 12.9. The molecule has 2 heterocycles. The van der Waals surface area contributed by atoms with Crippen LogP contribution in [0, 0.1) is 0 Å². The Bertz CT molecular complexity index is 753. The van der Waals surface area contributed by atoms with E-state index in [1.54, 1.807) is 29.0 Å². The third kappa shape index (κ3) is 3.74. The predicted octanol–water partition coefficient (Wildman–Crippen LogP) is 2.61. The van der Waals surface area contributed by atoms with Crippen molar-refractivity contribution in [3.8, 4) is 0 Å². The summed E-state index contributed by atoms with van der Waals surface area (Å²) >= 11 is 0. The number of amides is 2. The van der Waals surface area contributed by atoms with Crippen molar-refractivity contribution in [3.05, 3.63) is 54.0 Å². The summed E-state index contributed by atoms with van der Waals surface area (Å²) in [6.45, 7) is 1.10. The molecule has 3 rings (SSSR count). The number of hydrogen-bond acceptors (Lipinski definition) is 4. The van der Waals surface area contributed by atoms with Crippen molar-refractivity contribution in [1.82, 2.24) is 9.80 Å². The highest BCUT2D eigenvalue weighted by atomic mass is 16.3. The van der Waals surface area contributed by atoms with E-state index in [0.29, 0.717) is 19.5 Å². The summed E-state index contributed by atoms with van der Waals surface area (Å²) in [5.41, 5.74) is 2.18. The molecule has 6 heteroatoms. The maximum Gasteiger partial charge on any atom is 0.290 e. The van der Waals surface area contributed by atoms with Crippen LogP contribution in [0.4, 0.5) is 5.69 Å². The Balaban J connectivity index is 1.66. The number of hydrogen-bond donors (Lipinski definition) is 0. The van der Waals surface area contributed by atoms with Gasteiger partial charge in [0.2, 0.25) is 5.91 Å². The topological polar surface area (TPSA) is 57.0 Å². The zero-order valence-corrected chi connectivity index (χ0v) is 15.5. The van der Waals surface area contributed by atoms with Crippen molar-refractivity contribution in [2.24, 2.45) is 0 Å². The van der Waals surface area contributed by atoms with E-state index >= 15 is 0 Å². The van der Waals surface area contributed by atoms with E-state index in [-0.39, 0.29) is 17.6 Å². The number of carbonyl (C=O) groups excluding carboxylic acids is 2. The van der Waals surface area contributed by atoms with Crippen LogP contribution in [-0.2, 0) is 11.3 Å². The lowest BCUT2D eigenvalue weighted by molar-refractivity contribution is -0.134. The van der Waals surface area contributed by atoms with Gasteiger partial charge in [0.05, 0.1) is 6.26 Å². The second-order valence-electron chi connectivity index (χ2n) is 6.89. The van der Waals surface area contributed by atoms with Crippen molar-refractivity contribution in [2.45, 2.75) is 25.4 Å². The Morgan fingerprint density at radius 1 is 1.15 bits per heavy atom. The zero-order chi connectivity index (χ0) is 18.7. The summed E-state index contributed by atoms with van der Waals surface area (Å²) in [7, 11) is 5.78. The molecule has 2 aromatic rings. The molecule has 0 N–H and O–H groups in total. The zero-order valence-electron chi connectivity index (χ0n) is 15.5. The number of rotatable bonds is 5. The summed E-state index contributed by atoms with van der Waals surface area (Å²) < 4.78 is 5.20. The number of anilines is 1. The van der Waals surface area contributed by atoms with Crippen LogP contribution in [-0.4, -0.2) is 55.3 Å². The van der Waals surface area contributed by atoms with Gasteiger partial charge in [-0.1, -0.05) is 12.1 Å². The summed E-state index contributed by atoms with van der Waals surface area (Å²) in [5.74, 6) is 0.0419. The molecular weight excluding hydrogens is 330 g/mol. The summed E-state index contributed by atoms with van der Waals surface area (Å²) in [6, 6.07) is 11.0. The predicted molar refractivity (Wildman–Crippen MR) is 100 cm³/mol. The number of likely N-dealkylation sites (N-methyl/N-ethyl adjacent to an activating group) is 1. The molecule has 0 radical (unpaired) electrons. The van der Waals surface area contributed by atoms with Crippen LogP contribution in [0.5, 0.6) is 0 Å². The average Bonchev–Trinajstić information content (AvgIpc) is 3.32. The van der Waals surface area contributed by atoms with E-state index in [9.17, 15) is 9.59 Å². The van der Waals surface area contributed by atoms with Gasteiger partial charge in [-0.05, 0) is 42.7 Å². The van der Waals surface area contributed by atoms with Gasteiger partial charge in [0.25, 0.3) is 5.91 Å². The molecule has 1 saturated heterocycles. The van der Waals surface area contributed by atoms with E-state index < -0.39 is 6.04 Å². The molecule has 0 aliphatic carbocycles. The van der Waals surface area contributed by atoms with Gasteiger partial charge in [-0.15, -0.1) is 0 Å². The minimum atomic E-state index is -0.418. The molecular formula is C20H25N3O3. The summed E-state index contributed by atoms with van der Waals surface area (Å²) in [4.78, 5) is 30.8. The van der Waals surface area contributed by atoms with Gasteiger partial charge in [-0.25, -0.2) is 0 Å². The highest BCUT2D eigenvalue weighted by Gasteiger charge is 2.36. The first-order valence-corrected chi connectivity index (χ1v) is 8.83. The molecule has 1 aromatic carbocycles. The number of furan rings is 1. The molecule has 0 saturated carbocycles. The highest BCUT2D eigenvalue weighted by Crippen LogP contribution is 2.23. The van der Waals surface area contributed by atoms with Gasteiger partial charge < -0.3 is 19.1 Å². The normalized spacial score (nSPS) is 16.6. The average molecular weight is 355 g/mol. The lowest BCUT2D eigenvalue weighted by Crippen LogP contribution is -2.46. The molecule has 1 atom stereocenters. The molecule has 1 aromatic heterocycles. The third-order valence-corrected chi connectivity index (χ3v) is 4.78. The smallest absolute Gasteiger partial charge is 0.290 e. The molecule has 0 bridgehead atoms. The lowest BCUT2D eigenvalue weighted by atomic mass is 10.1. The Kier molecular flexibility index (Phi) is 5.30. The van der Waals surface area contributed by atoms with Gasteiger partial charge in [-0.3, -0.25) is 9.59 Å². The second kappa shape index (κ2) is 7.64. The first-order chi connectivity index (χ1) is 12.5. The summed E-state index contributed by atoms with van der Waals surface area (Å²) in [5, 5.41) is 0. The SMILES string of the molecule is CN(Cc1ccc(N(C)C)cc1)C(=O)C1CCCN1C(=O)c1ccco1. The van der Waals surface area contributed by atoms with Crippen LogP contribution in [0.2, 0.25) is 0 Å². The van der Waals surface area contributed by atoms with Gasteiger partial charge in [0.1, 0.15) is 6.04 Å². The number of likely N-dealkylation sites (tertiary alicyclic amines) is 1. The van der Waals surface area contributed by atoms with Crippen LogP contribution >= 0.6 is 0 Å². The molecule has 1 unspecified atom stereocenters. The Hall–Kier alpha value is -2.76. The fourth-order valence-electron chi connectivity index (χ4n) is 3.31. The largest absolute Gasteiger partial charge is 0.459 e. The minimum Gasteiger partial charge on any atom is -0.459 e. The van der Waals surface area contributed by atoms with E-state index in [2.05, 4.69) is 0 Å². The number of benzene rings is 1. The maximum absolute atomic E-state index is 12.9. The molecule has 1 fully saturated rings. The monoisotopic (exact) mass is 355 g/mol. The van der Waals surface area contributed by atoms with Crippen LogP contribution in [0.25, 0.3) is 0 Å². The van der Waals surface area contributed by atoms with Crippen molar-refractivity contribution >= 4 is 17.5 Å². The van der Waals surface area contributed by atoms with Crippen molar-refractivity contribution < 1.29 is 14.0 Å². The van der Waals surface area contributed by atoms with E-state index in [0.717, 1.165) is 17.7 Å². The number of nitrogens with zero attached hydrogens (tertiary/aromatic N) is 3. The fourth-order valence-corrected chi connectivity index (χ4v) is 3.31. The third-order valence-electron chi connectivity index (χ3n) is 4.78. The molecule has 1 aliphatic heterocycles. The fraction of sp³-hybridized carbons (Fsp3) is 0.400. The van der Waals surface area contributed by atoms with Crippen LogP contribution in [0.15, 0.2) is 47.1 Å². The van der Waals surface area contributed by atoms with E-state index in [4.69, 9.17) is 4.42 Å². The lowest BCUT2D eigenvalue weighted by Gasteiger charge is -2.27. The second-order valence-corrected chi connectivity index (χ2v) is 6.89. The summed E-state index contributed by atoms with van der Waals surface area (Å²) in [6.07, 6.45) is 2.99. The number of carbonyl (C=O) groups is 2.